The van der Waals surface area contributed by atoms with Crippen molar-refractivity contribution < 1.29 is 9.53 Å². The van der Waals surface area contributed by atoms with E-state index in [1.807, 2.05) is 43.3 Å². The van der Waals surface area contributed by atoms with Gasteiger partial charge in [-0.15, -0.1) is 0 Å². The molecule has 0 spiro atoms. The van der Waals surface area contributed by atoms with Gasteiger partial charge in [0, 0.05) is 29.1 Å². The molecule has 4 nitrogen and oxygen atoms in total. The molecule has 36 heavy (non-hydrogen) atoms. The van der Waals surface area contributed by atoms with Crippen molar-refractivity contribution in [1.29, 1.82) is 0 Å². The highest BCUT2D eigenvalue weighted by atomic mass is 35.5. The van der Waals surface area contributed by atoms with E-state index in [0.717, 1.165) is 42.0 Å². The fourth-order valence-electron chi connectivity index (χ4n) is 5.19. The molecule has 1 unspecified atom stereocenters. The Morgan fingerprint density at radius 3 is 2.31 bits per heavy atom. The zero-order valence-electron chi connectivity index (χ0n) is 20.3. The number of ether oxygens (including phenoxy) is 1. The van der Waals surface area contributed by atoms with Gasteiger partial charge >= 0.3 is 0 Å². The number of amides is 1. The Hall–Kier alpha value is -2.24. The first-order chi connectivity index (χ1) is 17.4. The standard InChI is InChI=1S/C29H29Cl3N2O2/c1-19-16-23-22(21-8-3-4-9-24(21)30)17-20(36-15-14-33-12-5-2-6-13-33)18-27(23)34(29(19)35)28-25(31)10-7-11-26(28)32/h3-4,7-11,17-19H,2,5-6,12-16H2,1H3. The lowest BCUT2D eigenvalue weighted by atomic mass is 9.86. The maximum Gasteiger partial charge on any atom is 0.234 e. The van der Waals surface area contributed by atoms with Gasteiger partial charge in [-0.1, -0.05) is 72.4 Å². The van der Waals surface area contributed by atoms with Crippen LogP contribution in [-0.2, 0) is 11.2 Å². The molecular weight excluding hydrogens is 515 g/mol. The fourth-order valence-corrected chi connectivity index (χ4v) is 5.99. The number of hydrogen-bond acceptors (Lipinski definition) is 3. The third-order valence-electron chi connectivity index (χ3n) is 7.04. The van der Waals surface area contributed by atoms with E-state index >= 15 is 0 Å². The Kier molecular flexibility index (Phi) is 7.78. The highest BCUT2D eigenvalue weighted by Crippen LogP contribution is 2.48. The number of fused-ring (bicyclic) bond motifs is 1. The first kappa shape index (κ1) is 25.4. The second-order valence-electron chi connectivity index (χ2n) is 9.55. The largest absolute Gasteiger partial charge is 0.492 e. The summed E-state index contributed by atoms with van der Waals surface area (Å²) >= 11 is 19.9. The summed E-state index contributed by atoms with van der Waals surface area (Å²) in [5.41, 5.74) is 4.12. The molecule has 0 N–H and O–H groups in total. The van der Waals surface area contributed by atoms with Crippen molar-refractivity contribution in [3.8, 4) is 16.9 Å². The summed E-state index contributed by atoms with van der Waals surface area (Å²) in [6.07, 6.45) is 4.37. The third-order valence-corrected chi connectivity index (χ3v) is 7.98. The van der Waals surface area contributed by atoms with Crippen LogP contribution in [0.4, 0.5) is 11.4 Å². The summed E-state index contributed by atoms with van der Waals surface area (Å²) in [5.74, 6) is 0.390. The lowest BCUT2D eigenvalue weighted by Crippen LogP contribution is -2.37. The highest BCUT2D eigenvalue weighted by Gasteiger charge is 2.35. The molecule has 0 bridgehead atoms. The zero-order chi connectivity index (χ0) is 25.2. The molecule has 5 rings (SSSR count). The minimum Gasteiger partial charge on any atom is -0.492 e. The van der Waals surface area contributed by atoms with E-state index in [0.29, 0.717) is 39.5 Å². The molecule has 1 atom stereocenters. The molecule has 0 saturated carbocycles. The summed E-state index contributed by atoms with van der Waals surface area (Å²) in [6.45, 7) is 5.60. The molecule has 7 heteroatoms. The lowest BCUT2D eigenvalue weighted by molar-refractivity contribution is -0.121. The Bertz CT molecular complexity index is 1250. The molecule has 1 amide bonds. The number of piperidine rings is 1. The van der Waals surface area contributed by atoms with E-state index in [-0.39, 0.29) is 11.8 Å². The van der Waals surface area contributed by atoms with Crippen LogP contribution in [0.15, 0.2) is 54.6 Å². The van der Waals surface area contributed by atoms with Crippen LogP contribution >= 0.6 is 34.8 Å². The van der Waals surface area contributed by atoms with Gasteiger partial charge in [0.1, 0.15) is 12.4 Å². The van der Waals surface area contributed by atoms with E-state index in [2.05, 4.69) is 4.90 Å². The van der Waals surface area contributed by atoms with E-state index in [4.69, 9.17) is 39.5 Å². The number of hydrogen-bond donors (Lipinski definition) is 0. The fraction of sp³-hybridized carbons (Fsp3) is 0.345. The normalized spacial score (nSPS) is 18.3. The summed E-state index contributed by atoms with van der Waals surface area (Å²) in [6, 6.07) is 17.0. The molecule has 3 aromatic rings. The number of likely N-dealkylation sites (tertiary alicyclic amines) is 1. The highest BCUT2D eigenvalue weighted by molar-refractivity contribution is 6.40. The van der Waals surface area contributed by atoms with E-state index in [9.17, 15) is 4.79 Å². The Morgan fingerprint density at radius 1 is 0.889 bits per heavy atom. The molecular formula is C29H29Cl3N2O2. The van der Waals surface area contributed by atoms with E-state index in [1.54, 1.807) is 23.1 Å². The van der Waals surface area contributed by atoms with Gasteiger partial charge in [-0.05, 0) is 67.7 Å². The summed E-state index contributed by atoms with van der Waals surface area (Å²) in [4.78, 5) is 17.7. The average Bonchev–Trinajstić information content (AvgIpc) is 2.87. The van der Waals surface area contributed by atoms with E-state index in [1.165, 1.54) is 19.3 Å². The van der Waals surface area contributed by atoms with Crippen LogP contribution in [0.1, 0.15) is 31.7 Å². The molecule has 1 fully saturated rings. The summed E-state index contributed by atoms with van der Waals surface area (Å²) < 4.78 is 6.29. The average molecular weight is 544 g/mol. The number of carbonyl (C=O) groups is 1. The molecule has 2 heterocycles. The lowest BCUT2D eigenvalue weighted by Gasteiger charge is -2.35. The van der Waals surface area contributed by atoms with Crippen LogP contribution in [0.5, 0.6) is 5.75 Å². The number of halogens is 3. The van der Waals surface area contributed by atoms with Crippen LogP contribution in [0.2, 0.25) is 15.1 Å². The van der Waals surface area contributed by atoms with Crippen LogP contribution < -0.4 is 9.64 Å². The second kappa shape index (κ2) is 11.0. The number of anilines is 2. The molecule has 2 aliphatic rings. The number of nitrogens with zero attached hydrogens (tertiary/aromatic N) is 2. The van der Waals surface area contributed by atoms with Gasteiger partial charge in [0.25, 0.3) is 0 Å². The van der Waals surface area contributed by atoms with Crippen molar-refractivity contribution in [2.24, 2.45) is 5.92 Å². The number of para-hydroxylation sites is 1. The first-order valence-corrected chi connectivity index (χ1v) is 13.6. The van der Waals surface area contributed by atoms with Gasteiger partial charge in [0.05, 0.1) is 21.4 Å². The van der Waals surface area contributed by atoms with Crippen LogP contribution in [-0.4, -0.2) is 37.0 Å². The van der Waals surface area contributed by atoms with Crippen molar-refractivity contribution in [3.05, 3.63) is 75.2 Å². The van der Waals surface area contributed by atoms with Crippen LogP contribution in [0, 0.1) is 5.92 Å². The third kappa shape index (κ3) is 5.10. The van der Waals surface area contributed by atoms with Gasteiger partial charge in [-0.3, -0.25) is 14.6 Å². The van der Waals surface area contributed by atoms with E-state index < -0.39 is 0 Å². The predicted molar refractivity (Wildman–Crippen MR) is 149 cm³/mol. The molecule has 0 radical (unpaired) electrons. The SMILES string of the molecule is CC1Cc2c(-c3ccccc3Cl)cc(OCCN3CCCCC3)cc2N(c2c(Cl)cccc2Cl)C1=O. The van der Waals surface area contributed by atoms with Crippen LogP contribution in [0.25, 0.3) is 11.1 Å². The summed E-state index contributed by atoms with van der Waals surface area (Å²) in [7, 11) is 0. The smallest absolute Gasteiger partial charge is 0.234 e. The molecule has 1 saturated heterocycles. The van der Waals surface area contributed by atoms with Crippen molar-refractivity contribution in [2.45, 2.75) is 32.6 Å². The van der Waals surface area contributed by atoms with Gasteiger partial charge in [0.15, 0.2) is 0 Å². The minimum atomic E-state index is -0.253. The van der Waals surface area contributed by atoms with Gasteiger partial charge in [0.2, 0.25) is 5.91 Å². The molecule has 0 aromatic heterocycles. The topological polar surface area (TPSA) is 32.8 Å². The number of rotatable bonds is 6. The second-order valence-corrected chi connectivity index (χ2v) is 10.8. The molecule has 188 valence electrons. The summed E-state index contributed by atoms with van der Waals surface area (Å²) in [5, 5.41) is 1.50. The Labute approximate surface area is 227 Å². The van der Waals surface area contributed by atoms with Gasteiger partial charge in [-0.2, -0.15) is 0 Å². The van der Waals surface area contributed by atoms with Crippen molar-refractivity contribution in [3.63, 3.8) is 0 Å². The number of carbonyl (C=O) groups excluding carboxylic acids is 1. The van der Waals surface area contributed by atoms with Crippen molar-refractivity contribution in [2.75, 3.05) is 31.1 Å². The van der Waals surface area contributed by atoms with Gasteiger partial charge < -0.3 is 4.74 Å². The monoisotopic (exact) mass is 542 g/mol. The number of benzene rings is 3. The maximum absolute atomic E-state index is 13.6. The molecule has 3 aromatic carbocycles. The minimum absolute atomic E-state index is 0.0481. The first-order valence-electron chi connectivity index (χ1n) is 12.5. The Balaban J connectivity index is 1.61. The van der Waals surface area contributed by atoms with Crippen LogP contribution in [0.3, 0.4) is 0 Å². The van der Waals surface area contributed by atoms with Crippen molar-refractivity contribution >= 4 is 52.1 Å². The zero-order valence-corrected chi connectivity index (χ0v) is 22.5. The molecule has 0 aliphatic carbocycles. The Morgan fingerprint density at radius 2 is 1.58 bits per heavy atom. The van der Waals surface area contributed by atoms with Gasteiger partial charge in [-0.25, -0.2) is 0 Å². The van der Waals surface area contributed by atoms with Crippen molar-refractivity contribution in [1.82, 2.24) is 4.90 Å². The maximum atomic E-state index is 13.6. The molecule has 2 aliphatic heterocycles. The predicted octanol–water partition coefficient (Wildman–Crippen LogP) is 8.04. The quantitative estimate of drug-likeness (QED) is 0.315.